The Morgan fingerprint density at radius 3 is 2.33 bits per heavy atom. The van der Waals surface area contributed by atoms with E-state index in [-0.39, 0.29) is 5.97 Å². The van der Waals surface area contributed by atoms with Gasteiger partial charge in [-0.15, -0.1) is 0 Å². The predicted molar refractivity (Wildman–Crippen MR) is 87.0 cm³/mol. The van der Waals surface area contributed by atoms with Crippen LogP contribution in [-0.2, 0) is 4.74 Å². The van der Waals surface area contributed by atoms with Crippen molar-refractivity contribution in [3.63, 3.8) is 0 Å². The number of nitrogens with zero attached hydrogens (tertiary/aromatic N) is 1. The summed E-state index contributed by atoms with van der Waals surface area (Å²) in [6.07, 6.45) is 1.70. The fourth-order valence-corrected chi connectivity index (χ4v) is 2.09. The highest BCUT2D eigenvalue weighted by Crippen LogP contribution is 2.26. The third kappa shape index (κ3) is 4.04. The van der Waals surface area contributed by atoms with Crippen molar-refractivity contribution in [2.24, 2.45) is 0 Å². The van der Waals surface area contributed by atoms with E-state index < -0.39 is 5.60 Å². The average Bonchev–Trinajstić information content (AvgIpc) is 2.40. The number of esters is 1. The Bertz CT molecular complexity index is 661. The Balaban J connectivity index is 2.22. The third-order valence-corrected chi connectivity index (χ3v) is 3.36. The number of benzene rings is 1. The number of rotatable bonds is 2. The van der Waals surface area contributed by atoms with Crippen LogP contribution in [0.3, 0.4) is 0 Å². The van der Waals surface area contributed by atoms with Crippen molar-refractivity contribution in [3.05, 3.63) is 46.6 Å². The maximum Gasteiger partial charge on any atom is 0.338 e. The van der Waals surface area contributed by atoms with Crippen molar-refractivity contribution in [2.75, 3.05) is 5.73 Å². The molecule has 0 aliphatic carbocycles. The zero-order chi connectivity index (χ0) is 15.6. The van der Waals surface area contributed by atoms with Crippen LogP contribution in [0.2, 0.25) is 0 Å². The molecular formula is C16H17BrN2O2. The minimum atomic E-state index is -0.499. The smallest absolute Gasteiger partial charge is 0.338 e. The molecule has 0 unspecified atom stereocenters. The lowest BCUT2D eigenvalue weighted by molar-refractivity contribution is 0.00696. The molecule has 0 amide bonds. The van der Waals surface area contributed by atoms with Gasteiger partial charge in [0.2, 0.25) is 0 Å². The molecule has 0 bridgehead atoms. The lowest BCUT2D eigenvalue weighted by Gasteiger charge is -2.19. The Hall–Kier alpha value is -1.88. The van der Waals surface area contributed by atoms with E-state index in [0.717, 1.165) is 15.6 Å². The first kappa shape index (κ1) is 15.5. The van der Waals surface area contributed by atoms with E-state index in [9.17, 15) is 4.79 Å². The van der Waals surface area contributed by atoms with Crippen molar-refractivity contribution < 1.29 is 9.53 Å². The van der Waals surface area contributed by atoms with E-state index in [4.69, 9.17) is 10.5 Å². The number of hydrogen-bond acceptors (Lipinski definition) is 4. The molecule has 0 aliphatic heterocycles. The lowest BCUT2D eigenvalue weighted by atomic mass is 10.1. The predicted octanol–water partition coefficient (Wildman–Crippen LogP) is 4.05. The number of carbonyl (C=O) groups excluding carboxylic acids is 1. The number of ether oxygens (including phenoxy) is 1. The monoisotopic (exact) mass is 348 g/mol. The largest absolute Gasteiger partial charge is 0.456 e. The quantitative estimate of drug-likeness (QED) is 0.831. The van der Waals surface area contributed by atoms with Crippen LogP contribution in [-0.4, -0.2) is 16.6 Å². The molecule has 21 heavy (non-hydrogen) atoms. The number of nitrogen functional groups attached to an aromatic ring is 1. The number of nitrogens with two attached hydrogens (primary N) is 1. The second-order valence-corrected chi connectivity index (χ2v) is 6.52. The molecule has 110 valence electrons. The topological polar surface area (TPSA) is 65.2 Å². The third-order valence-electron chi connectivity index (χ3n) is 2.72. The van der Waals surface area contributed by atoms with Crippen molar-refractivity contribution in [1.82, 2.24) is 4.98 Å². The average molecular weight is 349 g/mol. The summed E-state index contributed by atoms with van der Waals surface area (Å²) < 4.78 is 6.08. The minimum absolute atomic E-state index is 0.328. The van der Waals surface area contributed by atoms with Gasteiger partial charge in [-0.3, -0.25) is 0 Å². The van der Waals surface area contributed by atoms with Gasteiger partial charge in [0.25, 0.3) is 0 Å². The fourth-order valence-electron chi connectivity index (χ4n) is 1.74. The van der Waals surface area contributed by atoms with Gasteiger partial charge >= 0.3 is 5.97 Å². The molecule has 2 rings (SSSR count). The highest BCUT2D eigenvalue weighted by atomic mass is 79.9. The molecular weight excluding hydrogens is 332 g/mol. The molecule has 2 aromatic rings. The summed E-state index contributed by atoms with van der Waals surface area (Å²) in [5, 5.41) is 0. The van der Waals surface area contributed by atoms with Gasteiger partial charge in [0.15, 0.2) is 0 Å². The van der Waals surface area contributed by atoms with Crippen molar-refractivity contribution in [1.29, 1.82) is 0 Å². The first-order chi connectivity index (χ1) is 9.76. The first-order valence-electron chi connectivity index (χ1n) is 6.51. The zero-order valence-electron chi connectivity index (χ0n) is 12.2. The van der Waals surface area contributed by atoms with Crippen LogP contribution in [0.4, 0.5) is 5.82 Å². The summed E-state index contributed by atoms with van der Waals surface area (Å²) in [6.45, 7) is 5.53. The molecule has 0 aliphatic rings. The number of pyridine rings is 1. The number of hydrogen-bond donors (Lipinski definition) is 1. The van der Waals surface area contributed by atoms with Gasteiger partial charge < -0.3 is 10.5 Å². The van der Waals surface area contributed by atoms with Crippen LogP contribution in [0.1, 0.15) is 31.1 Å². The molecule has 2 N–H and O–H groups in total. The van der Waals surface area contributed by atoms with Gasteiger partial charge in [-0.1, -0.05) is 12.1 Å². The van der Waals surface area contributed by atoms with Gasteiger partial charge in [0, 0.05) is 11.8 Å². The molecule has 0 saturated carbocycles. The number of anilines is 1. The number of carbonyl (C=O) groups is 1. The first-order valence-corrected chi connectivity index (χ1v) is 7.30. The van der Waals surface area contributed by atoms with Gasteiger partial charge in [0.1, 0.15) is 11.4 Å². The maximum atomic E-state index is 11.9. The van der Waals surface area contributed by atoms with Crippen LogP contribution in [0.15, 0.2) is 41.0 Å². The summed E-state index contributed by atoms with van der Waals surface area (Å²) in [5.41, 5.74) is 7.57. The summed E-state index contributed by atoms with van der Waals surface area (Å²) in [6, 6.07) is 9.10. The van der Waals surface area contributed by atoms with E-state index in [0.29, 0.717) is 11.4 Å². The van der Waals surface area contributed by atoms with E-state index in [1.165, 1.54) is 0 Å². The number of halogens is 1. The fraction of sp³-hybridized carbons (Fsp3) is 0.250. The Morgan fingerprint density at radius 2 is 1.81 bits per heavy atom. The molecule has 0 saturated heterocycles. The van der Waals surface area contributed by atoms with Crippen LogP contribution < -0.4 is 5.73 Å². The van der Waals surface area contributed by atoms with E-state index >= 15 is 0 Å². The van der Waals surface area contributed by atoms with Crippen molar-refractivity contribution in [3.8, 4) is 11.1 Å². The van der Waals surface area contributed by atoms with Crippen LogP contribution in [0.25, 0.3) is 11.1 Å². The van der Waals surface area contributed by atoms with Gasteiger partial charge in [-0.2, -0.15) is 0 Å². The van der Waals surface area contributed by atoms with Gasteiger partial charge in [-0.05, 0) is 60.5 Å². The second-order valence-electron chi connectivity index (χ2n) is 5.67. The highest BCUT2D eigenvalue weighted by Gasteiger charge is 2.17. The molecule has 1 aromatic carbocycles. The molecule has 0 fully saturated rings. The standard InChI is InChI=1S/C16H17BrN2O2/c1-16(2,3)21-15(20)11-6-4-10(5-7-11)12-8-13(17)14(18)19-9-12/h4-9H,1-3H3,(H2,18,19). The Morgan fingerprint density at radius 1 is 1.19 bits per heavy atom. The normalized spacial score (nSPS) is 11.2. The van der Waals surface area contributed by atoms with Crippen LogP contribution in [0, 0.1) is 0 Å². The SMILES string of the molecule is CC(C)(C)OC(=O)c1ccc(-c2cnc(N)c(Br)c2)cc1. The molecule has 5 heteroatoms. The molecule has 1 aromatic heterocycles. The van der Waals surface area contributed by atoms with Crippen molar-refractivity contribution >= 4 is 27.7 Å². The molecule has 0 atom stereocenters. The van der Waals surface area contributed by atoms with Gasteiger partial charge in [-0.25, -0.2) is 9.78 Å². The summed E-state index contributed by atoms with van der Waals surface area (Å²) in [5.74, 6) is 0.120. The summed E-state index contributed by atoms with van der Waals surface area (Å²) >= 11 is 3.35. The molecule has 0 radical (unpaired) electrons. The molecule has 4 nitrogen and oxygen atoms in total. The van der Waals surface area contributed by atoms with Gasteiger partial charge in [0.05, 0.1) is 10.0 Å². The molecule has 1 heterocycles. The Labute approximate surface area is 132 Å². The van der Waals surface area contributed by atoms with Crippen molar-refractivity contribution in [2.45, 2.75) is 26.4 Å². The summed E-state index contributed by atoms with van der Waals surface area (Å²) in [4.78, 5) is 16.0. The maximum absolute atomic E-state index is 11.9. The summed E-state index contributed by atoms with van der Waals surface area (Å²) in [7, 11) is 0. The minimum Gasteiger partial charge on any atom is -0.456 e. The molecule has 0 spiro atoms. The van der Waals surface area contributed by atoms with E-state index in [1.807, 2.05) is 39.0 Å². The van der Waals surface area contributed by atoms with E-state index in [1.54, 1.807) is 18.3 Å². The number of aromatic nitrogens is 1. The highest BCUT2D eigenvalue weighted by molar-refractivity contribution is 9.10. The second kappa shape index (κ2) is 5.85. The van der Waals surface area contributed by atoms with E-state index in [2.05, 4.69) is 20.9 Å². The zero-order valence-corrected chi connectivity index (χ0v) is 13.8. The van der Waals surface area contributed by atoms with Crippen LogP contribution in [0.5, 0.6) is 0 Å². The Kier molecular flexibility index (Phi) is 4.32. The van der Waals surface area contributed by atoms with Crippen LogP contribution >= 0.6 is 15.9 Å². The lowest BCUT2D eigenvalue weighted by Crippen LogP contribution is -2.23.